The second-order valence-electron chi connectivity index (χ2n) is 7.26. The van der Waals surface area contributed by atoms with Crippen molar-refractivity contribution in [3.8, 4) is 17.0 Å². The number of aromatic nitrogens is 1. The number of carbonyl (C=O) groups is 3. The molecule has 170 valence electrons. The van der Waals surface area contributed by atoms with Crippen LogP contribution in [0.15, 0.2) is 78.9 Å². The number of ether oxygens (including phenoxy) is 2. The molecule has 0 aliphatic heterocycles. The molecule has 0 fully saturated rings. The lowest BCUT2D eigenvalue weighted by atomic mass is 10.0. The van der Waals surface area contributed by atoms with Crippen molar-refractivity contribution in [2.45, 2.75) is 0 Å². The van der Waals surface area contributed by atoms with Gasteiger partial charge in [-0.2, -0.15) is 0 Å². The predicted octanol–water partition coefficient (Wildman–Crippen LogP) is 4.68. The first-order valence-corrected chi connectivity index (χ1v) is 10.6. The first kappa shape index (κ1) is 22.9. The number of esters is 1. The third-order valence-electron chi connectivity index (χ3n) is 5.02. The molecule has 2 amide bonds. The van der Waals surface area contributed by atoms with Gasteiger partial charge in [0, 0.05) is 21.5 Å². The highest BCUT2D eigenvalue weighted by molar-refractivity contribution is 6.30. The van der Waals surface area contributed by atoms with Gasteiger partial charge in [-0.15, -0.1) is 0 Å². The molecule has 0 radical (unpaired) electrons. The number of imide groups is 1. The third kappa shape index (κ3) is 5.22. The van der Waals surface area contributed by atoms with E-state index in [4.69, 9.17) is 21.1 Å². The molecule has 1 heterocycles. The van der Waals surface area contributed by atoms with E-state index in [0.29, 0.717) is 27.4 Å². The summed E-state index contributed by atoms with van der Waals surface area (Å²) >= 11 is 5.80. The van der Waals surface area contributed by atoms with E-state index >= 15 is 0 Å². The normalized spacial score (nSPS) is 10.5. The van der Waals surface area contributed by atoms with Crippen molar-refractivity contribution in [1.82, 2.24) is 10.3 Å². The maximum absolute atomic E-state index is 12.9. The van der Waals surface area contributed by atoms with Crippen molar-refractivity contribution in [3.05, 3.63) is 95.0 Å². The minimum Gasteiger partial charge on any atom is -0.497 e. The van der Waals surface area contributed by atoms with E-state index in [2.05, 4.69) is 10.3 Å². The molecule has 4 rings (SSSR count). The van der Waals surface area contributed by atoms with Crippen LogP contribution in [-0.2, 0) is 9.53 Å². The summed E-state index contributed by atoms with van der Waals surface area (Å²) < 4.78 is 10.4. The lowest BCUT2D eigenvalue weighted by Crippen LogP contribution is -2.34. The number of para-hydroxylation sites is 1. The Balaban J connectivity index is 1.51. The minimum atomic E-state index is -0.748. The van der Waals surface area contributed by atoms with Gasteiger partial charge in [0.15, 0.2) is 6.61 Å². The van der Waals surface area contributed by atoms with Crippen molar-refractivity contribution in [3.63, 3.8) is 0 Å². The zero-order valence-electron chi connectivity index (χ0n) is 18.1. The predicted molar refractivity (Wildman–Crippen MR) is 128 cm³/mol. The second kappa shape index (κ2) is 10.1. The molecule has 0 aliphatic carbocycles. The largest absolute Gasteiger partial charge is 0.497 e. The minimum absolute atomic E-state index is 0.258. The average Bonchev–Trinajstić information content (AvgIpc) is 2.87. The Labute approximate surface area is 200 Å². The summed E-state index contributed by atoms with van der Waals surface area (Å²) in [6.45, 7) is -0.618. The summed E-state index contributed by atoms with van der Waals surface area (Å²) in [5, 5.41) is 3.24. The van der Waals surface area contributed by atoms with Gasteiger partial charge in [-0.3, -0.25) is 14.9 Å². The zero-order chi connectivity index (χ0) is 24.1. The van der Waals surface area contributed by atoms with Crippen molar-refractivity contribution >= 4 is 40.3 Å². The molecule has 34 heavy (non-hydrogen) atoms. The summed E-state index contributed by atoms with van der Waals surface area (Å²) in [4.78, 5) is 41.9. The standard InChI is InChI=1S/C26H19ClN2O5/c1-33-19-12-8-16(9-13-19)23-14-21(20-4-2-3-5-22(20)28-23)26(32)34-15-24(30)29-25(31)17-6-10-18(27)11-7-17/h2-14H,15H2,1H3,(H,29,30,31). The number of halogens is 1. The van der Waals surface area contributed by atoms with Crippen LogP contribution in [-0.4, -0.2) is 36.5 Å². The van der Waals surface area contributed by atoms with E-state index in [1.807, 2.05) is 18.2 Å². The summed E-state index contributed by atoms with van der Waals surface area (Å²) in [5.74, 6) is -1.37. The fourth-order valence-corrected chi connectivity index (χ4v) is 3.42. The van der Waals surface area contributed by atoms with E-state index < -0.39 is 24.4 Å². The topological polar surface area (TPSA) is 94.6 Å². The van der Waals surface area contributed by atoms with Crippen molar-refractivity contribution in [2.24, 2.45) is 0 Å². The van der Waals surface area contributed by atoms with Crippen molar-refractivity contribution < 1.29 is 23.9 Å². The van der Waals surface area contributed by atoms with Crippen LogP contribution in [0.3, 0.4) is 0 Å². The van der Waals surface area contributed by atoms with Gasteiger partial charge in [0.1, 0.15) is 5.75 Å². The molecule has 0 atom stereocenters. The number of carbonyl (C=O) groups excluding carboxylic acids is 3. The Morgan fingerprint density at radius 1 is 0.941 bits per heavy atom. The van der Waals surface area contributed by atoms with Gasteiger partial charge < -0.3 is 9.47 Å². The zero-order valence-corrected chi connectivity index (χ0v) is 18.8. The number of fused-ring (bicyclic) bond motifs is 1. The maximum Gasteiger partial charge on any atom is 0.339 e. The Bertz CT molecular complexity index is 1370. The van der Waals surface area contributed by atoms with Crippen LogP contribution >= 0.6 is 11.6 Å². The molecule has 0 unspecified atom stereocenters. The number of nitrogens with zero attached hydrogens (tertiary/aromatic N) is 1. The Morgan fingerprint density at radius 2 is 1.65 bits per heavy atom. The van der Waals surface area contributed by atoms with Crippen LogP contribution in [0.4, 0.5) is 0 Å². The molecule has 0 saturated carbocycles. The molecule has 0 saturated heterocycles. The molecule has 0 spiro atoms. The number of methoxy groups -OCH3 is 1. The smallest absolute Gasteiger partial charge is 0.339 e. The van der Waals surface area contributed by atoms with Crippen LogP contribution in [0.1, 0.15) is 20.7 Å². The Kier molecular flexibility index (Phi) is 6.85. The number of amides is 2. The molecule has 3 aromatic carbocycles. The molecule has 0 bridgehead atoms. The second-order valence-corrected chi connectivity index (χ2v) is 7.70. The van der Waals surface area contributed by atoms with Crippen LogP contribution in [0.5, 0.6) is 5.75 Å². The van der Waals surface area contributed by atoms with E-state index in [1.165, 1.54) is 24.3 Å². The highest BCUT2D eigenvalue weighted by atomic mass is 35.5. The Morgan fingerprint density at radius 3 is 2.35 bits per heavy atom. The first-order chi connectivity index (χ1) is 16.4. The quantitative estimate of drug-likeness (QED) is 0.408. The van der Waals surface area contributed by atoms with Crippen molar-refractivity contribution in [1.29, 1.82) is 0 Å². The van der Waals surface area contributed by atoms with Gasteiger partial charge in [-0.05, 0) is 60.7 Å². The fraction of sp³-hybridized carbons (Fsp3) is 0.0769. The van der Waals surface area contributed by atoms with Gasteiger partial charge in [0.05, 0.1) is 23.9 Å². The number of pyridine rings is 1. The number of hydrogen-bond acceptors (Lipinski definition) is 6. The highest BCUT2D eigenvalue weighted by Crippen LogP contribution is 2.26. The van der Waals surface area contributed by atoms with Gasteiger partial charge in [-0.25, -0.2) is 9.78 Å². The lowest BCUT2D eigenvalue weighted by Gasteiger charge is -2.11. The Hall–Kier alpha value is -4.23. The number of nitrogens with one attached hydrogen (secondary N) is 1. The van der Waals surface area contributed by atoms with Crippen LogP contribution in [0, 0.1) is 0 Å². The molecular weight excluding hydrogens is 456 g/mol. The van der Waals surface area contributed by atoms with E-state index in [9.17, 15) is 14.4 Å². The summed E-state index contributed by atoms with van der Waals surface area (Å²) in [5.41, 5.74) is 2.47. The highest BCUT2D eigenvalue weighted by Gasteiger charge is 2.18. The van der Waals surface area contributed by atoms with E-state index in [1.54, 1.807) is 43.5 Å². The molecule has 0 aliphatic rings. The average molecular weight is 475 g/mol. The van der Waals surface area contributed by atoms with Crippen LogP contribution < -0.4 is 10.1 Å². The van der Waals surface area contributed by atoms with Crippen LogP contribution in [0.25, 0.3) is 22.2 Å². The SMILES string of the molecule is COc1ccc(-c2cc(C(=O)OCC(=O)NC(=O)c3ccc(Cl)cc3)c3ccccc3n2)cc1. The fourth-order valence-electron chi connectivity index (χ4n) is 3.30. The number of hydrogen-bond donors (Lipinski definition) is 1. The summed E-state index contributed by atoms with van der Waals surface area (Å²) in [6.07, 6.45) is 0. The molecule has 4 aromatic rings. The molecule has 7 nitrogen and oxygen atoms in total. The number of rotatable bonds is 6. The molecule has 1 aromatic heterocycles. The molecule has 1 N–H and O–H groups in total. The maximum atomic E-state index is 12.9. The summed E-state index contributed by atoms with van der Waals surface area (Å²) in [7, 11) is 1.58. The van der Waals surface area contributed by atoms with E-state index in [-0.39, 0.29) is 11.1 Å². The van der Waals surface area contributed by atoms with Gasteiger partial charge in [0.2, 0.25) is 0 Å². The van der Waals surface area contributed by atoms with Gasteiger partial charge in [-0.1, -0.05) is 29.8 Å². The first-order valence-electron chi connectivity index (χ1n) is 10.3. The van der Waals surface area contributed by atoms with Crippen LogP contribution in [0.2, 0.25) is 5.02 Å². The van der Waals surface area contributed by atoms with E-state index in [0.717, 1.165) is 5.56 Å². The third-order valence-corrected chi connectivity index (χ3v) is 5.27. The van der Waals surface area contributed by atoms with Gasteiger partial charge >= 0.3 is 5.97 Å². The molecule has 8 heteroatoms. The number of benzene rings is 3. The van der Waals surface area contributed by atoms with Crippen molar-refractivity contribution in [2.75, 3.05) is 13.7 Å². The lowest BCUT2D eigenvalue weighted by molar-refractivity contribution is -0.123. The molecular formula is C26H19ClN2O5. The summed E-state index contributed by atoms with van der Waals surface area (Å²) in [6, 6.07) is 22.1. The monoisotopic (exact) mass is 474 g/mol. The van der Waals surface area contributed by atoms with Gasteiger partial charge in [0.25, 0.3) is 11.8 Å².